The second kappa shape index (κ2) is 3.53. The molecule has 0 aliphatic rings. The van der Waals surface area contributed by atoms with E-state index in [-0.39, 0.29) is 10.7 Å². The summed E-state index contributed by atoms with van der Waals surface area (Å²) >= 11 is 0.937. The molecular formula is C7H7F3N2S. The summed E-state index contributed by atoms with van der Waals surface area (Å²) in [5.74, 6) is 0. The van der Waals surface area contributed by atoms with E-state index in [9.17, 15) is 13.2 Å². The molecule has 0 bridgehead atoms. The van der Waals surface area contributed by atoms with E-state index in [4.69, 9.17) is 0 Å². The molecule has 0 atom stereocenters. The van der Waals surface area contributed by atoms with Gasteiger partial charge in [-0.1, -0.05) is 0 Å². The van der Waals surface area contributed by atoms with Crippen LogP contribution in [0.25, 0.3) is 0 Å². The van der Waals surface area contributed by atoms with Crippen LogP contribution in [0.1, 0.15) is 11.3 Å². The zero-order valence-electron chi connectivity index (χ0n) is 7.01. The number of aromatic nitrogens is 2. The molecule has 1 aromatic rings. The molecule has 0 aliphatic carbocycles. The first kappa shape index (κ1) is 10.3. The third-order valence-corrected chi connectivity index (χ3v) is 2.07. The summed E-state index contributed by atoms with van der Waals surface area (Å²) in [5, 5.41) is 6.92. The highest BCUT2D eigenvalue weighted by Crippen LogP contribution is 2.34. The molecule has 0 spiro atoms. The van der Waals surface area contributed by atoms with Crippen LogP contribution in [0.2, 0.25) is 0 Å². The van der Waals surface area contributed by atoms with Gasteiger partial charge in [-0.25, -0.2) is 0 Å². The van der Waals surface area contributed by atoms with Crippen LogP contribution in [0.3, 0.4) is 0 Å². The number of thioether (sulfide) groups is 1. The lowest BCUT2D eigenvalue weighted by Crippen LogP contribution is -2.09. The Morgan fingerprint density at radius 1 is 1.31 bits per heavy atom. The predicted octanol–water partition coefficient (Wildman–Crippen LogP) is 2.53. The number of aryl methyl sites for hydroxylation is 1. The summed E-state index contributed by atoms with van der Waals surface area (Å²) in [6.45, 7) is 1.48. The summed E-state index contributed by atoms with van der Waals surface area (Å²) in [7, 11) is 0. The molecule has 0 saturated heterocycles. The van der Waals surface area contributed by atoms with Crippen LogP contribution >= 0.6 is 11.8 Å². The molecule has 0 amide bonds. The molecule has 0 aliphatic heterocycles. The molecule has 0 unspecified atom stereocenters. The third kappa shape index (κ3) is 2.33. The number of nitrogens with zero attached hydrogens (tertiary/aromatic N) is 2. The van der Waals surface area contributed by atoms with Gasteiger partial charge in [0.15, 0.2) is 0 Å². The van der Waals surface area contributed by atoms with Gasteiger partial charge in [0.2, 0.25) is 0 Å². The Labute approximate surface area is 77.6 Å². The zero-order chi connectivity index (χ0) is 10.1. The fourth-order valence-electron chi connectivity index (χ4n) is 0.832. The highest BCUT2D eigenvalue weighted by atomic mass is 32.2. The Bertz CT molecular complexity index is 311. The Balaban J connectivity index is 3.24. The van der Waals surface area contributed by atoms with Gasteiger partial charge in [0, 0.05) is 0 Å². The molecular weight excluding hydrogens is 201 g/mol. The topological polar surface area (TPSA) is 25.8 Å². The molecule has 6 heteroatoms. The number of halogens is 3. The van der Waals surface area contributed by atoms with E-state index < -0.39 is 11.7 Å². The molecule has 0 N–H and O–H groups in total. The van der Waals surface area contributed by atoms with Crippen molar-refractivity contribution in [2.75, 3.05) is 6.26 Å². The number of alkyl halides is 3. The standard InChI is InChI=1S/C7H7F3N2S/c1-4-3-5(7(8,9)10)6(13-2)12-11-4/h3H,1-2H3. The van der Waals surface area contributed by atoms with Crippen molar-refractivity contribution in [3.05, 3.63) is 17.3 Å². The Morgan fingerprint density at radius 3 is 2.38 bits per heavy atom. The van der Waals surface area contributed by atoms with Gasteiger partial charge in [0.1, 0.15) is 5.03 Å². The van der Waals surface area contributed by atoms with Gasteiger partial charge in [-0.3, -0.25) is 0 Å². The third-order valence-electron chi connectivity index (χ3n) is 1.38. The van der Waals surface area contributed by atoms with E-state index in [1.54, 1.807) is 0 Å². The minimum Gasteiger partial charge on any atom is -0.166 e. The van der Waals surface area contributed by atoms with Crippen LogP contribution in [-0.4, -0.2) is 16.5 Å². The van der Waals surface area contributed by atoms with Crippen molar-refractivity contribution >= 4 is 11.8 Å². The first-order valence-corrected chi connectivity index (χ1v) is 4.63. The first-order valence-electron chi connectivity index (χ1n) is 3.40. The van der Waals surface area contributed by atoms with Crippen LogP contribution in [0.15, 0.2) is 11.1 Å². The van der Waals surface area contributed by atoms with Gasteiger partial charge >= 0.3 is 6.18 Å². The van der Waals surface area contributed by atoms with Crippen LogP contribution in [0, 0.1) is 6.92 Å². The molecule has 2 nitrogen and oxygen atoms in total. The van der Waals surface area contributed by atoms with Gasteiger partial charge in [0.25, 0.3) is 0 Å². The van der Waals surface area contributed by atoms with Crippen molar-refractivity contribution < 1.29 is 13.2 Å². The second-order valence-corrected chi connectivity index (χ2v) is 3.20. The number of rotatable bonds is 1. The lowest BCUT2D eigenvalue weighted by molar-refractivity contribution is -0.140. The van der Waals surface area contributed by atoms with E-state index in [1.807, 2.05) is 0 Å². The van der Waals surface area contributed by atoms with E-state index in [0.29, 0.717) is 0 Å². The van der Waals surface area contributed by atoms with Gasteiger partial charge < -0.3 is 0 Å². The normalized spacial score (nSPS) is 11.8. The van der Waals surface area contributed by atoms with Gasteiger partial charge in [0.05, 0.1) is 11.3 Å². The molecule has 13 heavy (non-hydrogen) atoms. The van der Waals surface area contributed by atoms with Crippen molar-refractivity contribution in [2.45, 2.75) is 18.1 Å². The Kier molecular flexibility index (Phi) is 2.80. The van der Waals surface area contributed by atoms with Crippen molar-refractivity contribution in [2.24, 2.45) is 0 Å². The van der Waals surface area contributed by atoms with Crippen molar-refractivity contribution in [3.63, 3.8) is 0 Å². The van der Waals surface area contributed by atoms with E-state index in [0.717, 1.165) is 17.8 Å². The van der Waals surface area contributed by atoms with Gasteiger partial charge in [-0.2, -0.15) is 18.3 Å². The zero-order valence-corrected chi connectivity index (χ0v) is 7.83. The minimum atomic E-state index is -4.35. The monoisotopic (exact) mass is 208 g/mol. The molecule has 1 aromatic heterocycles. The van der Waals surface area contributed by atoms with E-state index in [2.05, 4.69) is 10.2 Å². The lowest BCUT2D eigenvalue weighted by atomic mass is 10.2. The molecule has 1 rings (SSSR count). The SMILES string of the molecule is CSc1nnc(C)cc1C(F)(F)F. The molecule has 1 heterocycles. The van der Waals surface area contributed by atoms with Gasteiger partial charge in [-0.05, 0) is 19.2 Å². The van der Waals surface area contributed by atoms with Crippen molar-refractivity contribution in [1.29, 1.82) is 0 Å². The number of hydrogen-bond acceptors (Lipinski definition) is 3. The fraction of sp³-hybridized carbons (Fsp3) is 0.429. The fourth-order valence-corrected chi connectivity index (χ4v) is 1.35. The second-order valence-electron chi connectivity index (χ2n) is 2.41. The minimum absolute atomic E-state index is 0.0851. The van der Waals surface area contributed by atoms with Crippen LogP contribution in [-0.2, 0) is 6.18 Å². The largest absolute Gasteiger partial charge is 0.419 e. The molecule has 72 valence electrons. The summed E-state index contributed by atoms with van der Waals surface area (Å²) in [6, 6.07) is 0.999. The van der Waals surface area contributed by atoms with E-state index >= 15 is 0 Å². The summed E-state index contributed by atoms with van der Waals surface area (Å²) in [4.78, 5) is 0. The average molecular weight is 208 g/mol. The van der Waals surface area contributed by atoms with Crippen LogP contribution in [0.4, 0.5) is 13.2 Å². The summed E-state index contributed by atoms with van der Waals surface area (Å²) in [6.07, 6.45) is -2.81. The maximum Gasteiger partial charge on any atom is 0.419 e. The highest BCUT2D eigenvalue weighted by molar-refractivity contribution is 7.98. The van der Waals surface area contributed by atoms with Crippen molar-refractivity contribution in [1.82, 2.24) is 10.2 Å². The quantitative estimate of drug-likeness (QED) is 0.663. The molecule has 0 radical (unpaired) electrons. The summed E-state index contributed by atoms with van der Waals surface area (Å²) < 4.78 is 37.0. The smallest absolute Gasteiger partial charge is 0.166 e. The van der Waals surface area contributed by atoms with Gasteiger partial charge in [-0.15, -0.1) is 16.9 Å². The maximum absolute atomic E-state index is 12.3. The van der Waals surface area contributed by atoms with Crippen molar-refractivity contribution in [3.8, 4) is 0 Å². The molecule has 0 saturated carbocycles. The first-order chi connectivity index (χ1) is 5.95. The highest BCUT2D eigenvalue weighted by Gasteiger charge is 2.34. The van der Waals surface area contributed by atoms with E-state index in [1.165, 1.54) is 13.2 Å². The Hall–Kier alpha value is -0.780. The number of hydrogen-bond donors (Lipinski definition) is 0. The van der Waals surface area contributed by atoms with Crippen LogP contribution in [0.5, 0.6) is 0 Å². The van der Waals surface area contributed by atoms with Crippen LogP contribution < -0.4 is 0 Å². The molecule has 0 aromatic carbocycles. The average Bonchev–Trinajstić information content (AvgIpc) is 2.03. The Morgan fingerprint density at radius 2 is 1.92 bits per heavy atom. The molecule has 0 fully saturated rings. The lowest BCUT2D eigenvalue weighted by Gasteiger charge is -2.09. The summed E-state index contributed by atoms with van der Waals surface area (Å²) in [5.41, 5.74) is -0.447. The predicted molar refractivity (Wildman–Crippen MR) is 43.6 cm³/mol. The maximum atomic E-state index is 12.3.